The van der Waals surface area contributed by atoms with Gasteiger partial charge in [0.1, 0.15) is 29.2 Å². The smallest absolute Gasteiger partial charge is 0.410 e. The number of amides is 1. The van der Waals surface area contributed by atoms with Crippen LogP contribution in [0.4, 0.5) is 15.0 Å². The number of ether oxygens (including phenoxy) is 3. The van der Waals surface area contributed by atoms with Crippen LogP contribution >= 0.6 is 0 Å². The molecule has 2 unspecified atom stereocenters. The Morgan fingerprint density at radius 3 is 2.58 bits per heavy atom. The quantitative estimate of drug-likeness (QED) is 0.206. The second-order valence-corrected chi connectivity index (χ2v) is 15.7. The van der Waals surface area contributed by atoms with Crippen molar-refractivity contribution in [3.63, 3.8) is 0 Å². The number of benzene rings is 2. The standard InChI is InChI=1S/C39H47FN6O4/c1-24-17-25-9-6-7-10-29(25)30(18-24)33-32(40)34-31(19-41-33)35(44-20-26-11-12-27(21-44)46(26)37(47)50-38(2,3)4)43-36(42-34)49-23-39-14-8-16-45(39)28(13-15-39)22-48-5/h6-7,9-10,17-19,26-28H,8,11-16,20-23H2,1-5H3/t26?,27?,28-,39-/m1/s1. The molecule has 8 rings (SSSR count). The van der Waals surface area contributed by atoms with E-state index >= 15 is 4.39 Å². The molecule has 11 heteroatoms. The third-order valence-corrected chi connectivity index (χ3v) is 11.2. The van der Waals surface area contributed by atoms with Gasteiger partial charge in [0.05, 0.1) is 29.6 Å². The Balaban J connectivity index is 1.18. The Kier molecular flexibility index (Phi) is 8.33. The van der Waals surface area contributed by atoms with E-state index in [2.05, 4.69) is 15.9 Å². The molecule has 2 aromatic heterocycles. The molecule has 264 valence electrons. The third-order valence-electron chi connectivity index (χ3n) is 11.2. The fraction of sp³-hybridized carbons (Fsp3) is 0.538. The summed E-state index contributed by atoms with van der Waals surface area (Å²) in [5, 5.41) is 2.48. The van der Waals surface area contributed by atoms with Crippen molar-refractivity contribution in [1.29, 1.82) is 0 Å². The maximum absolute atomic E-state index is 17.0. The number of aromatic nitrogens is 3. The maximum Gasteiger partial charge on any atom is 0.410 e. The second-order valence-electron chi connectivity index (χ2n) is 15.7. The zero-order valence-corrected chi connectivity index (χ0v) is 29.7. The summed E-state index contributed by atoms with van der Waals surface area (Å²) >= 11 is 0. The van der Waals surface area contributed by atoms with Gasteiger partial charge in [-0.25, -0.2) is 9.18 Å². The van der Waals surface area contributed by atoms with Gasteiger partial charge in [0.15, 0.2) is 5.82 Å². The van der Waals surface area contributed by atoms with Crippen LogP contribution in [0.3, 0.4) is 0 Å². The van der Waals surface area contributed by atoms with Gasteiger partial charge in [-0.1, -0.05) is 30.3 Å². The Hall–Kier alpha value is -4.09. The first kappa shape index (κ1) is 33.1. The van der Waals surface area contributed by atoms with Crippen LogP contribution in [0.1, 0.15) is 64.9 Å². The first-order valence-electron chi connectivity index (χ1n) is 18.0. The van der Waals surface area contributed by atoms with Crippen LogP contribution in [0.15, 0.2) is 42.6 Å². The van der Waals surface area contributed by atoms with Crippen molar-refractivity contribution >= 4 is 33.6 Å². The van der Waals surface area contributed by atoms with Crippen LogP contribution in [0.25, 0.3) is 32.9 Å². The molecule has 1 amide bonds. The van der Waals surface area contributed by atoms with Crippen molar-refractivity contribution in [2.75, 3.05) is 44.9 Å². The van der Waals surface area contributed by atoms with E-state index in [1.165, 1.54) is 0 Å². The topological polar surface area (TPSA) is 93.2 Å². The fourth-order valence-electron chi connectivity index (χ4n) is 9.04. The number of methoxy groups -OCH3 is 1. The lowest BCUT2D eigenvalue weighted by Crippen LogP contribution is -2.57. The number of anilines is 1. The number of halogens is 1. The molecule has 4 aliphatic rings. The molecule has 4 atom stereocenters. The Morgan fingerprint density at radius 1 is 1.04 bits per heavy atom. The molecule has 2 aromatic carbocycles. The number of fused-ring (bicyclic) bond motifs is 5. The predicted octanol–water partition coefficient (Wildman–Crippen LogP) is 6.90. The number of carbonyl (C=O) groups is 1. The minimum atomic E-state index is -0.580. The first-order valence-corrected chi connectivity index (χ1v) is 18.0. The van der Waals surface area contributed by atoms with E-state index in [4.69, 9.17) is 29.2 Å². The van der Waals surface area contributed by atoms with E-state index in [-0.39, 0.29) is 40.9 Å². The number of nitrogens with zero attached hydrogens (tertiary/aromatic N) is 6. The number of hydrogen-bond donors (Lipinski definition) is 0. The van der Waals surface area contributed by atoms with Crippen LogP contribution in [0.5, 0.6) is 6.01 Å². The molecule has 4 fully saturated rings. The molecule has 0 aliphatic carbocycles. The normalized spacial score (nSPS) is 25.1. The predicted molar refractivity (Wildman–Crippen MR) is 191 cm³/mol. The third kappa shape index (κ3) is 5.82. The lowest BCUT2D eigenvalue weighted by molar-refractivity contribution is 0.0122. The second kappa shape index (κ2) is 12.6. The molecule has 10 nitrogen and oxygen atoms in total. The van der Waals surface area contributed by atoms with Gasteiger partial charge >= 0.3 is 12.1 Å². The maximum atomic E-state index is 17.0. The lowest BCUT2D eigenvalue weighted by atomic mass is 9.95. The summed E-state index contributed by atoms with van der Waals surface area (Å²) in [5.41, 5.74) is 1.50. The van der Waals surface area contributed by atoms with Gasteiger partial charge in [0, 0.05) is 38.0 Å². The largest absolute Gasteiger partial charge is 0.461 e. The highest BCUT2D eigenvalue weighted by Crippen LogP contribution is 2.43. The Morgan fingerprint density at radius 2 is 1.82 bits per heavy atom. The molecule has 0 radical (unpaired) electrons. The average Bonchev–Trinajstić information content (AvgIpc) is 3.73. The van der Waals surface area contributed by atoms with Crippen molar-refractivity contribution < 1.29 is 23.4 Å². The Labute approximate surface area is 292 Å². The van der Waals surface area contributed by atoms with Gasteiger partial charge in [-0.05, 0) is 95.2 Å². The summed E-state index contributed by atoms with van der Waals surface area (Å²) in [6.45, 7) is 10.9. The monoisotopic (exact) mass is 682 g/mol. The molecule has 0 N–H and O–H groups in total. The van der Waals surface area contributed by atoms with Gasteiger partial charge in [-0.3, -0.25) is 14.8 Å². The van der Waals surface area contributed by atoms with Gasteiger partial charge in [0.25, 0.3) is 0 Å². The molecular formula is C39H47FN6O4. The van der Waals surface area contributed by atoms with Crippen LogP contribution in [-0.2, 0) is 9.47 Å². The van der Waals surface area contributed by atoms with Crippen molar-refractivity contribution in [2.24, 2.45) is 0 Å². The summed E-state index contributed by atoms with van der Waals surface area (Å²) in [6, 6.07) is 12.5. The molecule has 0 spiro atoms. The van der Waals surface area contributed by atoms with E-state index in [1.807, 2.05) is 62.9 Å². The van der Waals surface area contributed by atoms with Crippen molar-refractivity contribution in [2.45, 2.75) is 95.5 Å². The van der Waals surface area contributed by atoms with Gasteiger partial charge in [-0.2, -0.15) is 9.97 Å². The van der Waals surface area contributed by atoms with Crippen LogP contribution in [0, 0.1) is 12.7 Å². The fourth-order valence-corrected chi connectivity index (χ4v) is 9.04. The molecular weight excluding hydrogens is 635 g/mol. The molecule has 0 saturated carbocycles. The van der Waals surface area contributed by atoms with Crippen molar-refractivity contribution in [3.05, 3.63) is 54.0 Å². The van der Waals surface area contributed by atoms with E-state index in [0.29, 0.717) is 43.5 Å². The van der Waals surface area contributed by atoms with Crippen molar-refractivity contribution in [1.82, 2.24) is 24.8 Å². The minimum Gasteiger partial charge on any atom is -0.461 e. The number of carbonyl (C=O) groups excluding carboxylic acids is 1. The number of hydrogen-bond acceptors (Lipinski definition) is 9. The van der Waals surface area contributed by atoms with Gasteiger partial charge in [-0.15, -0.1) is 0 Å². The number of rotatable bonds is 7. The number of pyridine rings is 1. The highest BCUT2D eigenvalue weighted by Gasteiger charge is 2.50. The summed E-state index contributed by atoms with van der Waals surface area (Å²) in [4.78, 5) is 34.4. The molecule has 6 heterocycles. The minimum absolute atomic E-state index is 0.0455. The number of piperazine rings is 1. The summed E-state index contributed by atoms with van der Waals surface area (Å²) in [6.07, 6.45) is 7.36. The van der Waals surface area contributed by atoms with Gasteiger partial charge in [0.2, 0.25) is 0 Å². The molecule has 4 aliphatic heterocycles. The Bertz CT molecular complexity index is 1940. The van der Waals surface area contributed by atoms with Crippen LogP contribution in [0.2, 0.25) is 0 Å². The molecule has 4 saturated heterocycles. The SMILES string of the molecule is COC[C@H]1CC[C@@]2(COc3nc(N4CC5CCC(C4)N5C(=O)OC(C)(C)C)c4cnc(-c5cc(C)cc6ccccc56)c(F)c4n3)CCCN12. The van der Waals surface area contributed by atoms with E-state index < -0.39 is 11.4 Å². The first-order chi connectivity index (χ1) is 24.0. The summed E-state index contributed by atoms with van der Waals surface area (Å²) in [7, 11) is 1.76. The van der Waals surface area contributed by atoms with E-state index in [9.17, 15) is 4.79 Å². The summed E-state index contributed by atoms with van der Waals surface area (Å²) in [5.74, 6) is 0.0889. The number of aryl methyl sites for hydroxylation is 1. The lowest BCUT2D eigenvalue weighted by Gasteiger charge is -2.42. The highest BCUT2D eigenvalue weighted by atomic mass is 19.1. The highest BCUT2D eigenvalue weighted by molar-refractivity contribution is 5.99. The van der Waals surface area contributed by atoms with Crippen molar-refractivity contribution in [3.8, 4) is 17.3 Å². The summed E-state index contributed by atoms with van der Waals surface area (Å²) < 4.78 is 34.9. The zero-order valence-electron chi connectivity index (χ0n) is 29.7. The van der Waals surface area contributed by atoms with E-state index in [0.717, 1.165) is 67.0 Å². The average molecular weight is 683 g/mol. The van der Waals surface area contributed by atoms with Crippen LogP contribution in [-0.4, -0.2) is 100 Å². The molecule has 50 heavy (non-hydrogen) atoms. The van der Waals surface area contributed by atoms with Gasteiger partial charge < -0.3 is 19.1 Å². The van der Waals surface area contributed by atoms with E-state index in [1.54, 1.807) is 13.3 Å². The molecule has 2 bridgehead atoms. The molecule has 4 aromatic rings. The zero-order chi connectivity index (χ0) is 34.8. The van der Waals surface area contributed by atoms with Crippen LogP contribution < -0.4 is 9.64 Å².